The maximum absolute atomic E-state index is 12.5. The number of benzene rings is 1. The third-order valence-corrected chi connectivity index (χ3v) is 6.05. The van der Waals surface area contributed by atoms with E-state index in [0.717, 1.165) is 36.3 Å². The van der Waals surface area contributed by atoms with E-state index in [9.17, 15) is 4.79 Å². The van der Waals surface area contributed by atoms with Crippen LogP contribution in [-0.4, -0.2) is 17.4 Å². The van der Waals surface area contributed by atoms with Gasteiger partial charge in [-0.15, -0.1) is 11.3 Å². The van der Waals surface area contributed by atoms with Gasteiger partial charge in [0.25, 0.3) is 5.91 Å². The number of hydrogen-bond acceptors (Lipinski definition) is 2. The fraction of sp³-hybridized carbons (Fsp3) is 0.350. The Labute approximate surface area is 146 Å². The molecule has 3 aromatic rings. The molecule has 1 amide bonds. The summed E-state index contributed by atoms with van der Waals surface area (Å²) in [5, 5.41) is 6.39. The van der Waals surface area contributed by atoms with Crippen LogP contribution >= 0.6 is 11.3 Å². The Morgan fingerprint density at radius 2 is 2.25 bits per heavy atom. The minimum atomic E-state index is 0.0851. The molecule has 2 N–H and O–H groups in total. The van der Waals surface area contributed by atoms with Crippen molar-refractivity contribution in [2.75, 3.05) is 6.54 Å². The van der Waals surface area contributed by atoms with E-state index >= 15 is 0 Å². The van der Waals surface area contributed by atoms with Crippen LogP contribution in [0.4, 0.5) is 0 Å². The zero-order valence-electron chi connectivity index (χ0n) is 13.9. The summed E-state index contributed by atoms with van der Waals surface area (Å²) in [7, 11) is 0. The van der Waals surface area contributed by atoms with Crippen LogP contribution in [0.15, 0.2) is 35.8 Å². The van der Waals surface area contributed by atoms with Gasteiger partial charge in [-0.3, -0.25) is 4.79 Å². The third kappa shape index (κ3) is 2.86. The second kappa shape index (κ2) is 6.44. The van der Waals surface area contributed by atoms with Gasteiger partial charge in [0.15, 0.2) is 0 Å². The molecule has 0 saturated carbocycles. The summed E-state index contributed by atoms with van der Waals surface area (Å²) in [5.41, 5.74) is 4.61. The first-order chi connectivity index (χ1) is 11.7. The first kappa shape index (κ1) is 15.5. The zero-order valence-corrected chi connectivity index (χ0v) is 14.7. The Bertz CT molecular complexity index is 877. The molecular weight excluding hydrogens is 316 g/mol. The van der Waals surface area contributed by atoms with Crippen molar-refractivity contribution < 1.29 is 4.79 Å². The van der Waals surface area contributed by atoms with Gasteiger partial charge in [-0.1, -0.05) is 25.1 Å². The smallest absolute Gasteiger partial charge is 0.252 e. The number of rotatable bonds is 4. The van der Waals surface area contributed by atoms with E-state index in [1.54, 1.807) is 11.3 Å². The number of amides is 1. The van der Waals surface area contributed by atoms with Crippen molar-refractivity contribution in [2.24, 2.45) is 5.92 Å². The van der Waals surface area contributed by atoms with Gasteiger partial charge < -0.3 is 10.3 Å². The lowest BCUT2D eigenvalue weighted by atomic mass is 9.88. The van der Waals surface area contributed by atoms with Gasteiger partial charge in [0.1, 0.15) is 0 Å². The number of carbonyl (C=O) groups is 1. The molecule has 124 valence electrons. The van der Waals surface area contributed by atoms with E-state index in [1.807, 2.05) is 17.6 Å². The molecule has 4 rings (SSSR count). The normalized spacial score (nSPS) is 17.0. The predicted molar refractivity (Wildman–Crippen MR) is 99.8 cm³/mol. The van der Waals surface area contributed by atoms with Crippen molar-refractivity contribution in [1.29, 1.82) is 0 Å². The summed E-state index contributed by atoms with van der Waals surface area (Å²) in [6.45, 7) is 2.96. The maximum Gasteiger partial charge on any atom is 0.252 e. The van der Waals surface area contributed by atoms with Crippen LogP contribution in [0.1, 0.15) is 39.7 Å². The van der Waals surface area contributed by atoms with Crippen LogP contribution in [0.25, 0.3) is 10.9 Å². The number of fused-ring (bicyclic) bond motifs is 2. The Morgan fingerprint density at radius 1 is 1.38 bits per heavy atom. The van der Waals surface area contributed by atoms with Crippen LogP contribution in [0, 0.1) is 5.92 Å². The molecule has 2 aromatic heterocycles. The maximum atomic E-state index is 12.5. The Morgan fingerprint density at radius 3 is 3.17 bits per heavy atom. The molecule has 4 heteroatoms. The van der Waals surface area contributed by atoms with Crippen LogP contribution in [0.2, 0.25) is 0 Å². The number of aromatic amines is 1. The van der Waals surface area contributed by atoms with Crippen molar-refractivity contribution in [2.45, 2.75) is 32.6 Å². The van der Waals surface area contributed by atoms with E-state index < -0.39 is 0 Å². The van der Waals surface area contributed by atoms with Gasteiger partial charge in [-0.25, -0.2) is 0 Å². The first-order valence-corrected chi connectivity index (χ1v) is 9.53. The third-order valence-electron chi connectivity index (χ3n) is 5.00. The number of nitrogens with one attached hydrogen (secondary N) is 2. The molecule has 24 heavy (non-hydrogen) atoms. The van der Waals surface area contributed by atoms with Crippen LogP contribution < -0.4 is 5.32 Å². The number of hydrogen-bond donors (Lipinski definition) is 2. The first-order valence-electron chi connectivity index (χ1n) is 8.65. The van der Waals surface area contributed by atoms with E-state index in [1.165, 1.54) is 27.8 Å². The largest absolute Gasteiger partial charge is 0.361 e. The number of para-hydroxylation sites is 1. The van der Waals surface area contributed by atoms with Gasteiger partial charge in [0.05, 0.1) is 5.56 Å². The van der Waals surface area contributed by atoms with E-state index in [-0.39, 0.29) is 5.91 Å². The molecule has 1 atom stereocenters. The standard InChI is InChI=1S/C20H22N2OS/c1-13-6-7-16-17(12-24-19(16)10-13)20(23)21-9-8-14-11-22-18-5-3-2-4-15(14)18/h2-5,11-13,22H,6-10H2,1H3,(H,21,23). The summed E-state index contributed by atoms with van der Waals surface area (Å²) >= 11 is 1.75. The number of H-pyrrole nitrogens is 1. The second-order valence-corrected chi connectivity index (χ2v) is 7.73. The predicted octanol–water partition coefficient (Wildman–Crippen LogP) is 4.33. The van der Waals surface area contributed by atoms with E-state index in [4.69, 9.17) is 0 Å². The van der Waals surface area contributed by atoms with Crippen molar-refractivity contribution >= 4 is 28.1 Å². The minimum Gasteiger partial charge on any atom is -0.361 e. The SMILES string of the molecule is CC1CCc2c(C(=O)NCCc3c[nH]c4ccccc34)csc2C1. The van der Waals surface area contributed by atoms with Crippen molar-refractivity contribution in [1.82, 2.24) is 10.3 Å². The molecule has 0 radical (unpaired) electrons. The van der Waals surface area contributed by atoms with E-state index in [0.29, 0.717) is 6.54 Å². The molecule has 1 aromatic carbocycles. The topological polar surface area (TPSA) is 44.9 Å². The number of aromatic nitrogens is 1. The van der Waals surface area contributed by atoms with Gasteiger partial charge in [0, 0.05) is 33.9 Å². The lowest BCUT2D eigenvalue weighted by Gasteiger charge is -2.18. The highest BCUT2D eigenvalue weighted by Crippen LogP contribution is 2.32. The van der Waals surface area contributed by atoms with Crippen LogP contribution in [0.5, 0.6) is 0 Å². The highest BCUT2D eigenvalue weighted by Gasteiger charge is 2.22. The van der Waals surface area contributed by atoms with Crippen molar-refractivity contribution in [3.63, 3.8) is 0 Å². The highest BCUT2D eigenvalue weighted by atomic mass is 32.1. The number of carbonyl (C=O) groups excluding carboxylic acids is 1. The Hall–Kier alpha value is -2.07. The van der Waals surface area contributed by atoms with Gasteiger partial charge in [-0.05, 0) is 48.8 Å². The lowest BCUT2D eigenvalue weighted by molar-refractivity contribution is 0.0953. The van der Waals surface area contributed by atoms with Crippen molar-refractivity contribution in [3.05, 3.63) is 57.4 Å². The quantitative estimate of drug-likeness (QED) is 0.731. The Kier molecular flexibility index (Phi) is 4.15. The van der Waals surface area contributed by atoms with Gasteiger partial charge >= 0.3 is 0 Å². The molecule has 0 spiro atoms. The molecule has 1 unspecified atom stereocenters. The fourth-order valence-corrected chi connectivity index (χ4v) is 4.86. The molecular formula is C20H22N2OS. The van der Waals surface area contributed by atoms with E-state index in [2.05, 4.69) is 35.4 Å². The fourth-order valence-electron chi connectivity index (χ4n) is 3.61. The average Bonchev–Trinajstić information content (AvgIpc) is 3.19. The Balaban J connectivity index is 1.41. The van der Waals surface area contributed by atoms with Gasteiger partial charge in [0.2, 0.25) is 0 Å². The zero-order chi connectivity index (χ0) is 16.5. The number of thiophene rings is 1. The molecule has 0 fully saturated rings. The lowest BCUT2D eigenvalue weighted by Crippen LogP contribution is -2.26. The van der Waals surface area contributed by atoms with Crippen molar-refractivity contribution in [3.8, 4) is 0 Å². The average molecular weight is 338 g/mol. The van der Waals surface area contributed by atoms with Gasteiger partial charge in [-0.2, -0.15) is 0 Å². The summed E-state index contributed by atoms with van der Waals surface area (Å²) in [6, 6.07) is 8.29. The summed E-state index contributed by atoms with van der Waals surface area (Å²) in [5.74, 6) is 0.829. The van der Waals surface area contributed by atoms with Crippen LogP contribution in [0.3, 0.4) is 0 Å². The molecule has 0 bridgehead atoms. The summed E-state index contributed by atoms with van der Waals surface area (Å²) < 4.78 is 0. The molecule has 1 aliphatic carbocycles. The molecule has 0 saturated heterocycles. The molecule has 0 aliphatic heterocycles. The van der Waals surface area contributed by atoms with Crippen LogP contribution in [-0.2, 0) is 19.3 Å². The highest BCUT2D eigenvalue weighted by molar-refractivity contribution is 7.10. The minimum absolute atomic E-state index is 0.0851. The molecule has 2 heterocycles. The summed E-state index contributed by atoms with van der Waals surface area (Å²) in [4.78, 5) is 17.2. The summed E-state index contributed by atoms with van der Waals surface area (Å²) in [6.07, 6.45) is 6.26. The molecule has 1 aliphatic rings. The molecule has 3 nitrogen and oxygen atoms in total. The monoisotopic (exact) mass is 338 g/mol. The second-order valence-electron chi connectivity index (χ2n) is 6.76.